The SMILES string of the molecule is Nc1cc(Br)cc(C(=O)CCC2CC2)c1. The molecule has 3 heteroatoms. The van der Waals surface area contributed by atoms with E-state index in [0.717, 1.165) is 22.4 Å². The molecule has 1 saturated carbocycles. The van der Waals surface area contributed by atoms with Gasteiger partial charge in [-0.2, -0.15) is 0 Å². The zero-order valence-corrected chi connectivity index (χ0v) is 10.1. The summed E-state index contributed by atoms with van der Waals surface area (Å²) in [6, 6.07) is 5.39. The number of halogens is 1. The summed E-state index contributed by atoms with van der Waals surface area (Å²) in [5.74, 6) is 1.01. The first-order valence-electron chi connectivity index (χ1n) is 5.24. The molecule has 0 unspecified atom stereocenters. The van der Waals surface area contributed by atoms with Crippen LogP contribution in [0.4, 0.5) is 5.69 Å². The van der Waals surface area contributed by atoms with E-state index in [2.05, 4.69) is 15.9 Å². The lowest BCUT2D eigenvalue weighted by Gasteiger charge is -2.03. The summed E-state index contributed by atoms with van der Waals surface area (Å²) < 4.78 is 0.872. The highest BCUT2D eigenvalue weighted by atomic mass is 79.9. The highest BCUT2D eigenvalue weighted by molar-refractivity contribution is 9.10. The monoisotopic (exact) mass is 267 g/mol. The number of benzene rings is 1. The fourth-order valence-electron chi connectivity index (χ4n) is 1.66. The zero-order chi connectivity index (χ0) is 10.8. The predicted octanol–water partition coefficient (Wildman–Crippen LogP) is 3.40. The van der Waals surface area contributed by atoms with Crippen LogP contribution >= 0.6 is 15.9 Å². The van der Waals surface area contributed by atoms with Crippen LogP contribution in [-0.2, 0) is 0 Å². The van der Waals surface area contributed by atoms with Crippen LogP contribution in [0.1, 0.15) is 36.0 Å². The summed E-state index contributed by atoms with van der Waals surface area (Å²) in [7, 11) is 0. The lowest BCUT2D eigenvalue weighted by molar-refractivity contribution is 0.0978. The van der Waals surface area contributed by atoms with Gasteiger partial charge in [0, 0.05) is 22.1 Å². The molecule has 1 aliphatic carbocycles. The first-order chi connectivity index (χ1) is 7.15. The molecule has 1 aliphatic rings. The Morgan fingerprint density at radius 2 is 2.13 bits per heavy atom. The minimum absolute atomic E-state index is 0.204. The molecule has 0 aromatic heterocycles. The second-order valence-corrected chi connectivity index (χ2v) is 5.09. The topological polar surface area (TPSA) is 43.1 Å². The summed E-state index contributed by atoms with van der Waals surface area (Å²) in [5, 5.41) is 0. The molecule has 0 saturated heterocycles. The zero-order valence-electron chi connectivity index (χ0n) is 8.50. The number of rotatable bonds is 4. The molecular formula is C12H14BrNO. The Morgan fingerprint density at radius 1 is 1.40 bits per heavy atom. The molecule has 0 aliphatic heterocycles. The van der Waals surface area contributed by atoms with E-state index in [-0.39, 0.29) is 5.78 Å². The van der Waals surface area contributed by atoms with Gasteiger partial charge in [0.1, 0.15) is 0 Å². The molecule has 0 radical (unpaired) electrons. The predicted molar refractivity (Wildman–Crippen MR) is 64.8 cm³/mol. The molecule has 1 aromatic rings. The van der Waals surface area contributed by atoms with E-state index in [1.807, 2.05) is 6.07 Å². The van der Waals surface area contributed by atoms with Crippen LogP contribution in [0.25, 0.3) is 0 Å². The molecule has 0 atom stereocenters. The van der Waals surface area contributed by atoms with Crippen molar-refractivity contribution in [3.63, 3.8) is 0 Å². The van der Waals surface area contributed by atoms with Gasteiger partial charge in [0.05, 0.1) is 0 Å². The van der Waals surface area contributed by atoms with Crippen molar-refractivity contribution in [2.75, 3.05) is 5.73 Å². The summed E-state index contributed by atoms with van der Waals surface area (Å²) in [6.45, 7) is 0. The summed E-state index contributed by atoms with van der Waals surface area (Å²) in [5.41, 5.74) is 7.05. The van der Waals surface area contributed by atoms with Crippen molar-refractivity contribution in [2.24, 2.45) is 5.92 Å². The number of hydrogen-bond donors (Lipinski definition) is 1. The number of hydrogen-bond acceptors (Lipinski definition) is 2. The molecule has 0 amide bonds. The van der Waals surface area contributed by atoms with Crippen molar-refractivity contribution in [3.05, 3.63) is 28.2 Å². The number of nitrogens with two attached hydrogens (primary N) is 1. The van der Waals surface area contributed by atoms with E-state index in [4.69, 9.17) is 5.73 Å². The Bertz CT molecular complexity index is 365. The largest absolute Gasteiger partial charge is 0.399 e. The summed E-state index contributed by atoms with van der Waals surface area (Å²) in [6.07, 6.45) is 4.29. The van der Waals surface area contributed by atoms with Gasteiger partial charge >= 0.3 is 0 Å². The third-order valence-electron chi connectivity index (χ3n) is 2.72. The Kier molecular flexibility index (Phi) is 3.10. The summed E-state index contributed by atoms with van der Waals surface area (Å²) in [4.78, 5) is 11.8. The van der Waals surface area contributed by atoms with Gasteiger partial charge in [-0.1, -0.05) is 28.8 Å². The average Bonchev–Trinajstić information content (AvgIpc) is 2.96. The number of carbonyl (C=O) groups excluding carboxylic acids is 1. The molecule has 80 valence electrons. The Balaban J connectivity index is 2.02. The van der Waals surface area contributed by atoms with Gasteiger partial charge in [-0.25, -0.2) is 0 Å². The van der Waals surface area contributed by atoms with E-state index < -0.39 is 0 Å². The van der Waals surface area contributed by atoms with Gasteiger partial charge in [-0.3, -0.25) is 4.79 Å². The van der Waals surface area contributed by atoms with Crippen LogP contribution in [0.3, 0.4) is 0 Å². The first kappa shape index (κ1) is 10.7. The second-order valence-electron chi connectivity index (χ2n) is 4.18. The van der Waals surface area contributed by atoms with Gasteiger partial charge in [0.15, 0.2) is 5.78 Å². The summed E-state index contributed by atoms with van der Waals surface area (Å²) >= 11 is 3.34. The molecule has 1 fully saturated rings. The quantitative estimate of drug-likeness (QED) is 0.671. The third-order valence-corrected chi connectivity index (χ3v) is 3.18. The minimum Gasteiger partial charge on any atom is -0.399 e. The van der Waals surface area contributed by atoms with Crippen molar-refractivity contribution in [1.29, 1.82) is 0 Å². The van der Waals surface area contributed by atoms with Gasteiger partial charge < -0.3 is 5.73 Å². The van der Waals surface area contributed by atoms with Crippen molar-refractivity contribution in [2.45, 2.75) is 25.7 Å². The van der Waals surface area contributed by atoms with Crippen molar-refractivity contribution in [3.8, 4) is 0 Å². The van der Waals surface area contributed by atoms with Crippen LogP contribution in [0, 0.1) is 5.92 Å². The van der Waals surface area contributed by atoms with Gasteiger partial charge in [-0.05, 0) is 30.5 Å². The molecule has 0 spiro atoms. The Labute approximate surface area is 98.0 Å². The maximum Gasteiger partial charge on any atom is 0.162 e. The van der Waals surface area contributed by atoms with Crippen molar-refractivity contribution in [1.82, 2.24) is 0 Å². The van der Waals surface area contributed by atoms with Crippen LogP contribution in [0.15, 0.2) is 22.7 Å². The molecule has 2 nitrogen and oxygen atoms in total. The maximum atomic E-state index is 11.8. The molecule has 0 bridgehead atoms. The Hall–Kier alpha value is -0.830. The van der Waals surface area contributed by atoms with E-state index in [1.165, 1.54) is 12.8 Å². The van der Waals surface area contributed by atoms with Crippen molar-refractivity contribution >= 4 is 27.4 Å². The van der Waals surface area contributed by atoms with E-state index in [1.54, 1.807) is 12.1 Å². The molecule has 1 aromatic carbocycles. The van der Waals surface area contributed by atoms with E-state index in [9.17, 15) is 4.79 Å². The fraction of sp³-hybridized carbons (Fsp3) is 0.417. The third kappa shape index (κ3) is 3.06. The van der Waals surface area contributed by atoms with Gasteiger partial charge in [-0.15, -0.1) is 0 Å². The molecule has 2 N–H and O–H groups in total. The average molecular weight is 268 g/mol. The van der Waals surface area contributed by atoms with Crippen LogP contribution < -0.4 is 5.73 Å². The van der Waals surface area contributed by atoms with Crippen LogP contribution in [0.5, 0.6) is 0 Å². The highest BCUT2D eigenvalue weighted by Gasteiger charge is 2.22. The first-order valence-corrected chi connectivity index (χ1v) is 6.04. The number of nitrogen functional groups attached to an aromatic ring is 1. The number of ketones is 1. The maximum absolute atomic E-state index is 11.8. The molecular weight excluding hydrogens is 254 g/mol. The second kappa shape index (κ2) is 4.35. The van der Waals surface area contributed by atoms with Crippen LogP contribution in [0.2, 0.25) is 0 Å². The van der Waals surface area contributed by atoms with Gasteiger partial charge in [0.25, 0.3) is 0 Å². The smallest absolute Gasteiger partial charge is 0.162 e. The lowest BCUT2D eigenvalue weighted by atomic mass is 10.0. The number of carbonyl (C=O) groups is 1. The fourth-order valence-corrected chi connectivity index (χ4v) is 2.17. The van der Waals surface area contributed by atoms with Crippen LogP contribution in [-0.4, -0.2) is 5.78 Å². The standard InChI is InChI=1S/C12H14BrNO/c13-10-5-9(6-11(14)7-10)12(15)4-3-8-1-2-8/h5-8H,1-4,14H2. The van der Waals surface area contributed by atoms with Gasteiger partial charge in [0.2, 0.25) is 0 Å². The number of Topliss-reactive ketones (excluding diaryl/α,β-unsaturated/α-hetero) is 1. The molecule has 0 heterocycles. The lowest BCUT2D eigenvalue weighted by Crippen LogP contribution is -2.00. The minimum atomic E-state index is 0.204. The normalized spacial score (nSPS) is 15.3. The number of anilines is 1. The van der Waals surface area contributed by atoms with E-state index >= 15 is 0 Å². The molecule has 15 heavy (non-hydrogen) atoms. The van der Waals surface area contributed by atoms with Crippen molar-refractivity contribution < 1.29 is 4.79 Å². The Morgan fingerprint density at radius 3 is 2.73 bits per heavy atom. The van der Waals surface area contributed by atoms with E-state index in [0.29, 0.717) is 12.1 Å². The molecule has 2 rings (SSSR count). The highest BCUT2D eigenvalue weighted by Crippen LogP contribution is 2.34.